The van der Waals surface area contributed by atoms with Crippen molar-refractivity contribution in [1.82, 2.24) is 14.5 Å². The summed E-state index contributed by atoms with van der Waals surface area (Å²) < 4.78 is 2.41. The molecule has 20 heavy (non-hydrogen) atoms. The lowest BCUT2D eigenvalue weighted by Gasteiger charge is -2.34. The van der Waals surface area contributed by atoms with E-state index in [1.54, 1.807) is 0 Å². The van der Waals surface area contributed by atoms with Crippen LogP contribution < -0.4 is 5.73 Å². The minimum Gasteiger partial charge on any atom is -0.383 e. The maximum Gasteiger partial charge on any atom is 0.146 e. The Balaban J connectivity index is 2.93. The van der Waals surface area contributed by atoms with Crippen LogP contribution >= 0.6 is 0 Å². The van der Waals surface area contributed by atoms with Crippen LogP contribution in [0.15, 0.2) is 0 Å². The lowest BCUT2D eigenvalue weighted by atomic mass is 9.89. The largest absolute Gasteiger partial charge is 0.383 e. The molecule has 0 unspecified atom stereocenters. The van der Waals surface area contributed by atoms with E-state index in [0.29, 0.717) is 5.82 Å². The molecule has 2 heterocycles. The Morgan fingerprint density at radius 3 is 2.05 bits per heavy atom. The van der Waals surface area contributed by atoms with Crippen LogP contribution in [0.25, 0.3) is 11.0 Å². The maximum atomic E-state index is 6.14. The van der Waals surface area contributed by atoms with Crippen LogP contribution in [-0.2, 0) is 5.54 Å². The van der Waals surface area contributed by atoms with Crippen LogP contribution in [0.5, 0.6) is 0 Å². The fraction of sp³-hybridized carbons (Fsp3) is 0.625. The normalized spacial score (nSPS) is 12.3. The van der Waals surface area contributed by atoms with Crippen LogP contribution in [-0.4, -0.2) is 14.5 Å². The van der Waals surface area contributed by atoms with E-state index in [9.17, 15) is 0 Å². The van der Waals surface area contributed by atoms with Crippen molar-refractivity contribution in [2.45, 2.75) is 66.3 Å². The van der Waals surface area contributed by atoms with Gasteiger partial charge in [-0.25, -0.2) is 9.97 Å². The third-order valence-corrected chi connectivity index (χ3v) is 4.94. The Bertz CT molecular complexity index is 627. The van der Waals surface area contributed by atoms with Crippen LogP contribution in [0.3, 0.4) is 0 Å². The summed E-state index contributed by atoms with van der Waals surface area (Å²) in [6.45, 7) is 13.0. The van der Waals surface area contributed by atoms with Crippen molar-refractivity contribution in [2.75, 3.05) is 5.73 Å². The molecule has 0 aliphatic heterocycles. The second kappa shape index (κ2) is 5.08. The molecule has 0 radical (unpaired) electrons. The van der Waals surface area contributed by atoms with Crippen molar-refractivity contribution in [1.29, 1.82) is 0 Å². The Morgan fingerprint density at radius 2 is 1.55 bits per heavy atom. The number of hydrogen-bond donors (Lipinski definition) is 1. The van der Waals surface area contributed by atoms with Gasteiger partial charge < -0.3 is 10.3 Å². The van der Waals surface area contributed by atoms with Gasteiger partial charge in [-0.2, -0.15) is 0 Å². The summed E-state index contributed by atoms with van der Waals surface area (Å²) in [7, 11) is 0. The van der Waals surface area contributed by atoms with Crippen molar-refractivity contribution < 1.29 is 0 Å². The molecule has 0 saturated carbocycles. The van der Waals surface area contributed by atoms with E-state index in [1.807, 2.05) is 6.92 Å². The third-order valence-electron chi connectivity index (χ3n) is 4.94. The first kappa shape index (κ1) is 14.8. The van der Waals surface area contributed by atoms with E-state index >= 15 is 0 Å². The first-order chi connectivity index (χ1) is 9.41. The summed E-state index contributed by atoms with van der Waals surface area (Å²) in [5, 5.41) is 1.02. The number of fused-ring (bicyclic) bond motifs is 1. The summed E-state index contributed by atoms with van der Waals surface area (Å²) >= 11 is 0. The molecule has 0 atom stereocenters. The molecular formula is C16H26N4. The molecule has 2 rings (SSSR count). The Labute approximate surface area is 121 Å². The quantitative estimate of drug-likeness (QED) is 0.921. The van der Waals surface area contributed by atoms with E-state index in [0.717, 1.165) is 36.1 Å². The summed E-state index contributed by atoms with van der Waals surface area (Å²) in [6.07, 6.45) is 3.27. The lowest BCUT2D eigenvalue weighted by Crippen LogP contribution is -2.32. The maximum absolute atomic E-state index is 6.14. The highest BCUT2D eigenvalue weighted by Gasteiger charge is 2.31. The number of aryl methyl sites for hydroxylation is 2. The number of rotatable bonds is 4. The molecule has 0 aliphatic rings. The molecule has 2 aromatic heterocycles. The minimum absolute atomic E-state index is 0.115. The molecule has 0 fully saturated rings. The molecule has 0 bridgehead atoms. The molecule has 2 N–H and O–H groups in total. The van der Waals surface area contributed by atoms with Crippen molar-refractivity contribution in [3.63, 3.8) is 0 Å². The highest BCUT2D eigenvalue weighted by molar-refractivity contribution is 5.91. The van der Waals surface area contributed by atoms with Crippen molar-refractivity contribution in [3.05, 3.63) is 17.1 Å². The van der Waals surface area contributed by atoms with E-state index < -0.39 is 0 Å². The topological polar surface area (TPSA) is 56.7 Å². The van der Waals surface area contributed by atoms with Crippen molar-refractivity contribution in [3.8, 4) is 0 Å². The predicted molar refractivity (Wildman–Crippen MR) is 85.0 cm³/mol. The molecule has 0 saturated heterocycles. The smallest absolute Gasteiger partial charge is 0.146 e. The van der Waals surface area contributed by atoms with Crippen LogP contribution in [0, 0.1) is 20.8 Å². The van der Waals surface area contributed by atoms with E-state index in [4.69, 9.17) is 10.7 Å². The minimum atomic E-state index is 0.115. The standard InChI is InChI=1S/C16H26N4/c1-7-16(8-2,9-3)20-11(5)10(4)13-14(17)18-12(6)19-15(13)20/h7-9H2,1-6H3,(H2,17,18,19). The van der Waals surface area contributed by atoms with Gasteiger partial charge in [-0.3, -0.25) is 0 Å². The van der Waals surface area contributed by atoms with Gasteiger partial charge in [0.15, 0.2) is 0 Å². The monoisotopic (exact) mass is 274 g/mol. The average Bonchev–Trinajstić information content (AvgIpc) is 2.66. The fourth-order valence-electron chi connectivity index (χ4n) is 3.41. The van der Waals surface area contributed by atoms with Crippen LogP contribution in [0.4, 0.5) is 5.82 Å². The zero-order valence-electron chi connectivity index (χ0n) is 13.5. The van der Waals surface area contributed by atoms with Crippen LogP contribution in [0.1, 0.15) is 57.1 Å². The number of nitrogens with two attached hydrogens (primary N) is 1. The lowest BCUT2D eigenvalue weighted by molar-refractivity contribution is 0.253. The van der Waals surface area contributed by atoms with E-state index in [1.165, 1.54) is 11.3 Å². The predicted octanol–water partition coefficient (Wildman–Crippen LogP) is 3.86. The summed E-state index contributed by atoms with van der Waals surface area (Å²) in [5.74, 6) is 1.34. The van der Waals surface area contributed by atoms with Gasteiger partial charge in [0.1, 0.15) is 17.3 Å². The fourth-order valence-corrected chi connectivity index (χ4v) is 3.41. The zero-order valence-corrected chi connectivity index (χ0v) is 13.5. The van der Waals surface area contributed by atoms with Gasteiger partial charge >= 0.3 is 0 Å². The van der Waals surface area contributed by atoms with Gasteiger partial charge in [-0.15, -0.1) is 0 Å². The first-order valence-electron chi connectivity index (χ1n) is 7.54. The summed E-state index contributed by atoms with van der Waals surface area (Å²) in [5.41, 5.74) is 9.72. The molecule has 0 amide bonds. The highest BCUT2D eigenvalue weighted by atomic mass is 15.1. The van der Waals surface area contributed by atoms with Gasteiger partial charge in [0, 0.05) is 11.2 Å². The SMILES string of the molecule is CCC(CC)(CC)n1c(C)c(C)c2c(N)nc(C)nc21. The summed E-state index contributed by atoms with van der Waals surface area (Å²) in [4.78, 5) is 9.03. The second-order valence-corrected chi connectivity index (χ2v) is 5.69. The first-order valence-corrected chi connectivity index (χ1v) is 7.54. The zero-order chi connectivity index (χ0) is 15.1. The van der Waals surface area contributed by atoms with Gasteiger partial charge in [0.05, 0.1) is 5.39 Å². The van der Waals surface area contributed by atoms with Gasteiger partial charge in [0.2, 0.25) is 0 Å². The number of aromatic nitrogens is 3. The third kappa shape index (κ3) is 1.89. The molecular weight excluding hydrogens is 248 g/mol. The molecule has 0 aromatic carbocycles. The Kier molecular flexibility index (Phi) is 3.76. The van der Waals surface area contributed by atoms with E-state index in [-0.39, 0.29) is 5.54 Å². The van der Waals surface area contributed by atoms with Gasteiger partial charge in [0.25, 0.3) is 0 Å². The van der Waals surface area contributed by atoms with Gasteiger partial charge in [-0.05, 0) is 45.6 Å². The Morgan fingerprint density at radius 1 is 1.00 bits per heavy atom. The number of nitrogens with zero attached hydrogens (tertiary/aromatic N) is 3. The Hall–Kier alpha value is -1.58. The van der Waals surface area contributed by atoms with Crippen LogP contribution in [0.2, 0.25) is 0 Å². The number of hydrogen-bond acceptors (Lipinski definition) is 3. The molecule has 4 heteroatoms. The molecule has 0 spiro atoms. The van der Waals surface area contributed by atoms with Gasteiger partial charge in [-0.1, -0.05) is 20.8 Å². The van der Waals surface area contributed by atoms with Crippen molar-refractivity contribution >= 4 is 16.9 Å². The second-order valence-electron chi connectivity index (χ2n) is 5.69. The molecule has 2 aromatic rings. The number of anilines is 1. The summed E-state index contributed by atoms with van der Waals surface area (Å²) in [6, 6.07) is 0. The molecule has 0 aliphatic carbocycles. The molecule has 4 nitrogen and oxygen atoms in total. The molecule has 110 valence electrons. The van der Waals surface area contributed by atoms with Crippen molar-refractivity contribution in [2.24, 2.45) is 0 Å². The highest BCUT2D eigenvalue weighted by Crippen LogP contribution is 2.38. The van der Waals surface area contributed by atoms with E-state index in [2.05, 4.69) is 44.2 Å². The average molecular weight is 274 g/mol. The number of nitrogen functional groups attached to an aromatic ring is 1.